The van der Waals surface area contributed by atoms with Gasteiger partial charge in [-0.1, -0.05) is 0 Å². The molecule has 2 N–H and O–H groups in total. The van der Waals surface area contributed by atoms with Gasteiger partial charge in [0.05, 0.1) is 18.8 Å². The Morgan fingerprint density at radius 3 is 3.14 bits per heavy atom. The zero-order chi connectivity index (χ0) is 14.4. The van der Waals surface area contributed by atoms with Crippen LogP contribution in [0.15, 0.2) is 22.8 Å². The number of carbonyl (C=O) groups excluding carboxylic acids is 1. The first-order chi connectivity index (χ1) is 10.2. The first kappa shape index (κ1) is 12.6. The van der Waals surface area contributed by atoms with Gasteiger partial charge in [0.1, 0.15) is 11.3 Å². The fraction of sp³-hybridized carbons (Fsp3) is 0.467. The maximum Gasteiger partial charge on any atom is 0.270 e. The molecule has 0 spiro atoms. The number of furan rings is 1. The molecule has 6 nitrogen and oxygen atoms in total. The van der Waals surface area contributed by atoms with E-state index in [2.05, 4.69) is 15.6 Å². The van der Waals surface area contributed by atoms with E-state index < -0.39 is 0 Å². The quantitative estimate of drug-likeness (QED) is 0.893. The van der Waals surface area contributed by atoms with Crippen LogP contribution in [0.5, 0.6) is 5.88 Å². The number of fused-ring (bicyclic) bond motifs is 3. The predicted molar refractivity (Wildman–Crippen MR) is 76.4 cm³/mol. The van der Waals surface area contributed by atoms with Crippen molar-refractivity contribution < 1.29 is 13.9 Å². The fourth-order valence-corrected chi connectivity index (χ4v) is 3.43. The molecule has 0 unspecified atom stereocenters. The average molecular weight is 287 g/mol. The van der Waals surface area contributed by atoms with Crippen molar-refractivity contribution in [2.45, 2.75) is 37.4 Å². The second kappa shape index (κ2) is 4.73. The summed E-state index contributed by atoms with van der Waals surface area (Å²) in [5, 5.41) is 7.35. The van der Waals surface area contributed by atoms with Crippen LogP contribution in [0.1, 0.15) is 29.8 Å². The number of amides is 1. The van der Waals surface area contributed by atoms with Crippen molar-refractivity contribution >= 4 is 16.9 Å². The summed E-state index contributed by atoms with van der Waals surface area (Å²) >= 11 is 0. The van der Waals surface area contributed by atoms with Gasteiger partial charge >= 0.3 is 0 Å². The van der Waals surface area contributed by atoms with Gasteiger partial charge in [-0.25, -0.2) is 4.98 Å². The highest BCUT2D eigenvalue weighted by Crippen LogP contribution is 2.29. The maximum atomic E-state index is 12.4. The van der Waals surface area contributed by atoms with Crippen molar-refractivity contribution in [2.75, 3.05) is 7.11 Å². The van der Waals surface area contributed by atoms with Crippen molar-refractivity contribution in [3.8, 4) is 5.88 Å². The number of aromatic nitrogens is 1. The number of carbonyl (C=O) groups is 1. The largest absolute Gasteiger partial charge is 0.480 e. The molecule has 6 heteroatoms. The molecule has 2 aliphatic rings. The lowest BCUT2D eigenvalue weighted by Gasteiger charge is -2.21. The van der Waals surface area contributed by atoms with E-state index >= 15 is 0 Å². The number of hydrogen-bond donors (Lipinski definition) is 2. The van der Waals surface area contributed by atoms with Crippen LogP contribution in [-0.2, 0) is 0 Å². The Morgan fingerprint density at radius 2 is 2.43 bits per heavy atom. The third-order valence-electron chi connectivity index (χ3n) is 4.46. The van der Waals surface area contributed by atoms with Crippen molar-refractivity contribution in [3.63, 3.8) is 0 Å². The molecule has 2 aromatic rings. The lowest BCUT2D eigenvalue weighted by atomic mass is 9.95. The van der Waals surface area contributed by atoms with E-state index in [9.17, 15) is 4.79 Å². The van der Waals surface area contributed by atoms with Gasteiger partial charge in [0.25, 0.3) is 5.91 Å². The molecule has 2 fully saturated rings. The summed E-state index contributed by atoms with van der Waals surface area (Å²) in [6.45, 7) is 0. The van der Waals surface area contributed by atoms with E-state index in [0.717, 1.165) is 18.2 Å². The fourth-order valence-electron chi connectivity index (χ4n) is 3.43. The van der Waals surface area contributed by atoms with Gasteiger partial charge in [-0.3, -0.25) is 4.79 Å². The highest BCUT2D eigenvalue weighted by atomic mass is 16.5. The first-order valence-electron chi connectivity index (χ1n) is 7.24. The van der Waals surface area contributed by atoms with Crippen LogP contribution in [0.25, 0.3) is 11.0 Å². The van der Waals surface area contributed by atoms with E-state index in [4.69, 9.17) is 9.15 Å². The summed E-state index contributed by atoms with van der Waals surface area (Å²) in [5.74, 6) is 0.239. The Kier molecular flexibility index (Phi) is 2.85. The van der Waals surface area contributed by atoms with Gasteiger partial charge < -0.3 is 19.8 Å². The monoisotopic (exact) mass is 287 g/mol. The molecule has 1 amide bonds. The molecule has 0 saturated carbocycles. The molecule has 0 aromatic carbocycles. The number of pyridine rings is 1. The van der Waals surface area contributed by atoms with Gasteiger partial charge in [-0.2, -0.15) is 0 Å². The highest BCUT2D eigenvalue weighted by molar-refractivity contribution is 5.96. The third kappa shape index (κ3) is 2.06. The van der Waals surface area contributed by atoms with E-state index in [1.165, 1.54) is 13.5 Å². The molecule has 2 aliphatic heterocycles. The number of ether oxygens (including phenoxy) is 1. The van der Waals surface area contributed by atoms with Gasteiger partial charge in [-0.05, 0) is 25.3 Å². The van der Waals surface area contributed by atoms with Crippen LogP contribution in [0.2, 0.25) is 0 Å². The van der Waals surface area contributed by atoms with E-state index in [1.54, 1.807) is 18.4 Å². The number of rotatable bonds is 3. The summed E-state index contributed by atoms with van der Waals surface area (Å²) in [6, 6.07) is 4.58. The molecule has 110 valence electrons. The highest BCUT2D eigenvalue weighted by Gasteiger charge is 2.39. The van der Waals surface area contributed by atoms with Crippen LogP contribution < -0.4 is 15.4 Å². The Hall–Kier alpha value is -2.08. The molecule has 2 saturated heterocycles. The molecular weight excluding hydrogens is 270 g/mol. The Balaban J connectivity index is 1.59. The molecule has 2 bridgehead atoms. The third-order valence-corrected chi connectivity index (χ3v) is 4.46. The van der Waals surface area contributed by atoms with E-state index in [0.29, 0.717) is 29.2 Å². The smallest absolute Gasteiger partial charge is 0.270 e. The van der Waals surface area contributed by atoms with Crippen LogP contribution >= 0.6 is 0 Å². The molecule has 0 aliphatic carbocycles. The average Bonchev–Trinajstić information content (AvgIpc) is 3.21. The summed E-state index contributed by atoms with van der Waals surface area (Å²) < 4.78 is 10.6. The normalized spacial score (nSPS) is 27.2. The summed E-state index contributed by atoms with van der Waals surface area (Å²) in [5.41, 5.74) is 0.940. The minimum atomic E-state index is -0.175. The minimum Gasteiger partial charge on any atom is -0.480 e. The lowest BCUT2D eigenvalue weighted by Crippen LogP contribution is -2.43. The molecule has 4 rings (SSSR count). The minimum absolute atomic E-state index is 0.175. The zero-order valence-corrected chi connectivity index (χ0v) is 11.8. The van der Waals surface area contributed by atoms with Gasteiger partial charge in [-0.15, -0.1) is 0 Å². The Bertz CT molecular complexity index is 697. The molecule has 3 atom stereocenters. The lowest BCUT2D eigenvalue weighted by molar-refractivity contribution is 0.0925. The van der Waals surface area contributed by atoms with Crippen molar-refractivity contribution in [3.05, 3.63) is 24.1 Å². The molecular formula is C15H17N3O3. The summed E-state index contributed by atoms with van der Waals surface area (Å²) in [7, 11) is 1.54. The second-order valence-corrected chi connectivity index (χ2v) is 5.71. The molecule has 0 radical (unpaired) electrons. The SMILES string of the molecule is COc1nc(C(=O)N[C@@H]2C[C@H]3CC[C@@H]2N3)cc2occc12. The Morgan fingerprint density at radius 1 is 1.52 bits per heavy atom. The van der Waals surface area contributed by atoms with Gasteiger partial charge in [0.2, 0.25) is 5.88 Å². The van der Waals surface area contributed by atoms with Gasteiger partial charge in [0, 0.05) is 24.2 Å². The molecule has 4 heterocycles. The number of nitrogens with one attached hydrogen (secondary N) is 2. The zero-order valence-electron chi connectivity index (χ0n) is 11.8. The van der Waals surface area contributed by atoms with Crippen molar-refractivity contribution in [2.24, 2.45) is 0 Å². The van der Waals surface area contributed by atoms with Crippen LogP contribution in [0.4, 0.5) is 0 Å². The second-order valence-electron chi connectivity index (χ2n) is 5.71. The van der Waals surface area contributed by atoms with Crippen molar-refractivity contribution in [1.82, 2.24) is 15.6 Å². The molecule has 2 aromatic heterocycles. The van der Waals surface area contributed by atoms with Gasteiger partial charge in [0.15, 0.2) is 0 Å². The maximum absolute atomic E-state index is 12.4. The topological polar surface area (TPSA) is 76.4 Å². The van der Waals surface area contributed by atoms with E-state index in [-0.39, 0.29) is 11.9 Å². The number of hydrogen-bond acceptors (Lipinski definition) is 5. The predicted octanol–water partition coefficient (Wildman–Crippen LogP) is 1.46. The van der Waals surface area contributed by atoms with Crippen LogP contribution in [-0.4, -0.2) is 36.1 Å². The molecule has 21 heavy (non-hydrogen) atoms. The number of nitrogens with zero attached hydrogens (tertiary/aromatic N) is 1. The summed E-state index contributed by atoms with van der Waals surface area (Å²) in [4.78, 5) is 16.7. The van der Waals surface area contributed by atoms with Crippen LogP contribution in [0, 0.1) is 0 Å². The van der Waals surface area contributed by atoms with Crippen LogP contribution in [0.3, 0.4) is 0 Å². The number of methoxy groups -OCH3 is 1. The first-order valence-corrected chi connectivity index (χ1v) is 7.24. The summed E-state index contributed by atoms with van der Waals surface area (Å²) in [6.07, 6.45) is 4.90. The van der Waals surface area contributed by atoms with Crippen molar-refractivity contribution in [1.29, 1.82) is 0 Å². The standard InChI is InChI=1S/C15H17N3O3/c1-20-15-9-4-5-21-13(9)7-12(18-15)14(19)17-11-6-8-2-3-10(11)16-8/h4-5,7-8,10-11,16H,2-3,6H2,1H3,(H,17,19)/t8-,10+,11-/m1/s1. The Labute approximate surface area is 121 Å². The van der Waals surface area contributed by atoms with E-state index in [1.807, 2.05) is 0 Å².